The van der Waals surface area contributed by atoms with E-state index in [0.717, 1.165) is 39.1 Å². The van der Waals surface area contributed by atoms with E-state index in [1.807, 2.05) is 0 Å². The van der Waals surface area contributed by atoms with Crippen molar-refractivity contribution >= 4 is 23.5 Å². The van der Waals surface area contributed by atoms with Crippen LogP contribution in [0.3, 0.4) is 0 Å². The summed E-state index contributed by atoms with van der Waals surface area (Å²) in [7, 11) is 0. The van der Waals surface area contributed by atoms with Crippen molar-refractivity contribution in [3.63, 3.8) is 0 Å². The second-order valence-corrected chi connectivity index (χ2v) is 5.96. The fraction of sp³-hybridized carbons (Fsp3) is 0.786. The molecule has 1 aromatic rings. The van der Waals surface area contributed by atoms with E-state index in [1.165, 1.54) is 25.7 Å². The lowest BCUT2D eigenvalue weighted by atomic mass is 10.1. The maximum Gasteiger partial charge on any atom is 0.231 e. The molecule has 21 heavy (non-hydrogen) atoms. The number of hydrogen-bond acceptors (Lipinski definition) is 6. The highest BCUT2D eigenvalue weighted by Crippen LogP contribution is 2.19. The Morgan fingerprint density at radius 1 is 1.14 bits per heavy atom. The van der Waals surface area contributed by atoms with Crippen molar-refractivity contribution < 1.29 is 4.74 Å². The molecule has 2 aliphatic heterocycles. The van der Waals surface area contributed by atoms with Gasteiger partial charge < -0.3 is 15.0 Å². The first-order valence-corrected chi connectivity index (χ1v) is 8.21. The van der Waals surface area contributed by atoms with Crippen LogP contribution in [0.2, 0.25) is 5.28 Å². The van der Waals surface area contributed by atoms with E-state index in [0.29, 0.717) is 18.0 Å². The molecule has 0 aromatic carbocycles. The number of nitrogens with zero attached hydrogens (tertiary/aromatic N) is 4. The lowest BCUT2D eigenvalue weighted by Gasteiger charge is -2.22. The van der Waals surface area contributed by atoms with Crippen LogP contribution in [-0.4, -0.2) is 47.3 Å². The van der Waals surface area contributed by atoms with Crippen molar-refractivity contribution in [3.05, 3.63) is 5.28 Å². The number of nitrogens with one attached hydrogen (secondary N) is 1. The summed E-state index contributed by atoms with van der Waals surface area (Å²) >= 11 is 6.00. The van der Waals surface area contributed by atoms with Crippen LogP contribution in [0.1, 0.15) is 38.5 Å². The van der Waals surface area contributed by atoms with Crippen LogP contribution in [0.5, 0.6) is 0 Å². The van der Waals surface area contributed by atoms with Crippen LogP contribution >= 0.6 is 11.6 Å². The summed E-state index contributed by atoms with van der Waals surface area (Å²) in [5.74, 6) is 1.25. The number of ether oxygens (including phenoxy) is 1. The van der Waals surface area contributed by atoms with Crippen LogP contribution in [0.4, 0.5) is 11.9 Å². The molecule has 0 bridgehead atoms. The summed E-state index contributed by atoms with van der Waals surface area (Å²) in [5, 5.41) is 3.50. The summed E-state index contributed by atoms with van der Waals surface area (Å²) in [6.45, 7) is 3.68. The topological polar surface area (TPSA) is 63.2 Å². The number of aromatic nitrogens is 3. The van der Waals surface area contributed by atoms with E-state index in [2.05, 4.69) is 25.2 Å². The van der Waals surface area contributed by atoms with E-state index in [-0.39, 0.29) is 5.28 Å². The zero-order valence-corrected chi connectivity index (χ0v) is 13.0. The molecule has 1 unspecified atom stereocenters. The van der Waals surface area contributed by atoms with Gasteiger partial charge in [0.15, 0.2) is 0 Å². The van der Waals surface area contributed by atoms with Gasteiger partial charge in [-0.05, 0) is 50.1 Å². The molecule has 0 amide bonds. The van der Waals surface area contributed by atoms with E-state index in [4.69, 9.17) is 16.3 Å². The molecule has 2 aliphatic rings. The van der Waals surface area contributed by atoms with Crippen molar-refractivity contribution in [3.8, 4) is 0 Å². The molecule has 0 aliphatic carbocycles. The maximum atomic E-state index is 6.00. The molecule has 1 aromatic heterocycles. The number of halogens is 1. The Hall–Kier alpha value is -1.14. The molecule has 3 rings (SSSR count). The second-order valence-electron chi connectivity index (χ2n) is 5.63. The van der Waals surface area contributed by atoms with Gasteiger partial charge in [-0.15, -0.1) is 0 Å². The molecular formula is C14H22ClN5O. The van der Waals surface area contributed by atoms with Crippen LogP contribution in [0.15, 0.2) is 0 Å². The molecule has 7 heteroatoms. The van der Waals surface area contributed by atoms with Gasteiger partial charge in [-0.2, -0.15) is 15.0 Å². The van der Waals surface area contributed by atoms with Crippen LogP contribution < -0.4 is 10.2 Å². The molecule has 2 fully saturated rings. The first kappa shape index (κ1) is 14.8. The molecule has 3 heterocycles. The van der Waals surface area contributed by atoms with Crippen LogP contribution in [-0.2, 0) is 4.74 Å². The van der Waals surface area contributed by atoms with Crippen molar-refractivity contribution in [2.45, 2.75) is 44.6 Å². The van der Waals surface area contributed by atoms with Gasteiger partial charge >= 0.3 is 0 Å². The van der Waals surface area contributed by atoms with Gasteiger partial charge in [-0.25, -0.2) is 0 Å². The van der Waals surface area contributed by atoms with Crippen molar-refractivity contribution in [2.75, 3.05) is 36.5 Å². The minimum atomic E-state index is 0.253. The smallest absolute Gasteiger partial charge is 0.231 e. The molecule has 0 saturated carbocycles. The summed E-state index contributed by atoms with van der Waals surface area (Å²) < 4.78 is 5.72. The monoisotopic (exact) mass is 311 g/mol. The van der Waals surface area contributed by atoms with Crippen LogP contribution in [0, 0.1) is 0 Å². The minimum Gasteiger partial charge on any atom is -0.378 e. The molecule has 116 valence electrons. The molecule has 1 atom stereocenters. The highest BCUT2D eigenvalue weighted by molar-refractivity contribution is 6.28. The highest BCUT2D eigenvalue weighted by Gasteiger charge is 2.17. The van der Waals surface area contributed by atoms with Crippen molar-refractivity contribution in [2.24, 2.45) is 0 Å². The van der Waals surface area contributed by atoms with Gasteiger partial charge in [0.05, 0.1) is 6.10 Å². The van der Waals surface area contributed by atoms with Crippen molar-refractivity contribution in [1.82, 2.24) is 15.0 Å². The molecule has 2 saturated heterocycles. The lowest BCUT2D eigenvalue weighted by molar-refractivity contribution is 0.0134. The van der Waals surface area contributed by atoms with E-state index >= 15 is 0 Å². The quantitative estimate of drug-likeness (QED) is 0.901. The Morgan fingerprint density at radius 3 is 2.76 bits per heavy atom. The molecule has 0 spiro atoms. The summed E-state index contributed by atoms with van der Waals surface area (Å²) in [4.78, 5) is 15.0. The molecule has 6 nitrogen and oxygen atoms in total. The Labute approximate surface area is 130 Å². The first-order chi connectivity index (χ1) is 10.3. The standard InChI is InChI=1S/C14H22ClN5O/c15-12-17-13(16-7-6-11-5-1-4-10-21-11)19-14(18-12)20-8-2-3-9-20/h11H,1-10H2,(H,16,17,18,19). The number of anilines is 2. The lowest BCUT2D eigenvalue weighted by Crippen LogP contribution is -2.23. The van der Waals surface area contributed by atoms with E-state index < -0.39 is 0 Å². The Balaban J connectivity index is 1.54. The van der Waals surface area contributed by atoms with Gasteiger partial charge in [0, 0.05) is 26.2 Å². The minimum absolute atomic E-state index is 0.253. The third kappa shape index (κ3) is 4.17. The van der Waals surface area contributed by atoms with Gasteiger partial charge in [0.2, 0.25) is 17.2 Å². The van der Waals surface area contributed by atoms with E-state index in [1.54, 1.807) is 0 Å². The first-order valence-electron chi connectivity index (χ1n) is 7.83. The average Bonchev–Trinajstić information content (AvgIpc) is 3.02. The molecular weight excluding hydrogens is 290 g/mol. The third-order valence-corrected chi connectivity index (χ3v) is 4.18. The predicted molar refractivity (Wildman–Crippen MR) is 83.0 cm³/mol. The fourth-order valence-electron chi connectivity index (χ4n) is 2.86. The zero-order chi connectivity index (χ0) is 14.5. The highest BCUT2D eigenvalue weighted by atomic mass is 35.5. The Kier molecular flexibility index (Phi) is 5.08. The third-order valence-electron chi connectivity index (χ3n) is 4.01. The van der Waals surface area contributed by atoms with Gasteiger partial charge in [-0.3, -0.25) is 0 Å². The second kappa shape index (κ2) is 7.22. The Bertz CT molecular complexity index is 461. The normalized spacial score (nSPS) is 22.5. The summed E-state index contributed by atoms with van der Waals surface area (Å²) in [6.07, 6.45) is 7.31. The molecule has 1 N–H and O–H groups in total. The summed E-state index contributed by atoms with van der Waals surface area (Å²) in [6, 6.07) is 0. The SMILES string of the molecule is Clc1nc(NCCC2CCCCO2)nc(N2CCCC2)n1. The van der Waals surface area contributed by atoms with Crippen molar-refractivity contribution in [1.29, 1.82) is 0 Å². The maximum absolute atomic E-state index is 6.00. The number of rotatable bonds is 5. The fourth-order valence-corrected chi connectivity index (χ4v) is 3.01. The largest absolute Gasteiger partial charge is 0.378 e. The predicted octanol–water partition coefficient (Wildman–Crippen LogP) is 2.50. The van der Waals surface area contributed by atoms with Crippen LogP contribution in [0.25, 0.3) is 0 Å². The zero-order valence-electron chi connectivity index (χ0n) is 12.2. The van der Waals surface area contributed by atoms with E-state index in [9.17, 15) is 0 Å². The average molecular weight is 312 g/mol. The molecule has 0 radical (unpaired) electrons. The van der Waals surface area contributed by atoms with Gasteiger partial charge in [0.25, 0.3) is 0 Å². The Morgan fingerprint density at radius 2 is 2.00 bits per heavy atom. The van der Waals surface area contributed by atoms with Gasteiger partial charge in [-0.1, -0.05) is 0 Å². The van der Waals surface area contributed by atoms with Gasteiger partial charge in [0.1, 0.15) is 0 Å². The number of hydrogen-bond donors (Lipinski definition) is 1. The summed E-state index contributed by atoms with van der Waals surface area (Å²) in [5.41, 5.74) is 0.